The Morgan fingerprint density at radius 1 is 0.442 bits per heavy atom. The normalized spacial score (nSPS) is 16.3. The van der Waals surface area contributed by atoms with Crippen LogP contribution in [0.3, 0.4) is 0 Å². The van der Waals surface area contributed by atoms with Crippen molar-refractivity contribution >= 4 is 18.1 Å². The van der Waals surface area contributed by atoms with Crippen molar-refractivity contribution < 1.29 is 72.2 Å². The number of carbonyl (C=O) groups excluding carboxylic acids is 3. The van der Waals surface area contributed by atoms with E-state index < -0.39 is 118 Å². The van der Waals surface area contributed by atoms with Crippen molar-refractivity contribution in [3.8, 4) is 34.2 Å². The molecular weight excluding hydrogens is 1570 g/mol. The average Bonchev–Trinajstić information content (AvgIpc) is 1.63. The molecule has 0 bridgehead atoms. The summed E-state index contributed by atoms with van der Waals surface area (Å²) in [5.74, 6) is -6.38. The van der Waals surface area contributed by atoms with Crippen LogP contribution in [0.15, 0.2) is 188 Å². The van der Waals surface area contributed by atoms with Gasteiger partial charge in [0.1, 0.15) is 89.6 Å². The van der Waals surface area contributed by atoms with Gasteiger partial charge in [0.25, 0.3) is 0 Å². The predicted molar refractivity (Wildman–Crippen MR) is 431 cm³/mol. The number of aromatic nitrogens is 9. The van der Waals surface area contributed by atoms with Crippen LogP contribution in [0, 0.1) is 86.4 Å². The summed E-state index contributed by atoms with van der Waals surface area (Å²) >= 11 is 0. The summed E-state index contributed by atoms with van der Waals surface area (Å²) in [6.45, 7) is 21.3. The highest BCUT2D eigenvalue weighted by Crippen LogP contribution is 2.42. The molecule has 2 saturated heterocycles. The minimum atomic E-state index is -1.45. The summed E-state index contributed by atoms with van der Waals surface area (Å²) < 4.78 is 174. The summed E-state index contributed by atoms with van der Waals surface area (Å²) in [7, 11) is 0. The predicted octanol–water partition coefficient (Wildman–Crippen LogP) is 18.7. The molecule has 0 spiro atoms. The number of rotatable bonds is 23. The van der Waals surface area contributed by atoms with Crippen LogP contribution in [0.4, 0.5) is 57.9 Å². The molecule has 0 radical (unpaired) electrons. The summed E-state index contributed by atoms with van der Waals surface area (Å²) in [5, 5.41) is 16.8. The van der Waals surface area contributed by atoms with Crippen LogP contribution < -0.4 is 11.1 Å². The van der Waals surface area contributed by atoms with Crippen LogP contribution >= 0.6 is 0 Å². The van der Waals surface area contributed by atoms with E-state index in [2.05, 4.69) is 30.6 Å². The second-order valence-corrected chi connectivity index (χ2v) is 33.5. The van der Waals surface area contributed by atoms with Crippen molar-refractivity contribution in [2.45, 2.75) is 139 Å². The van der Waals surface area contributed by atoms with Crippen LogP contribution in [0.1, 0.15) is 140 Å². The highest BCUT2D eigenvalue weighted by molar-refractivity contribution is 5.79. The zero-order valence-electron chi connectivity index (χ0n) is 68.4. The first-order valence-corrected chi connectivity index (χ1v) is 39.3. The maximum Gasteiger partial charge on any atom is 0.410 e. The molecule has 30 heteroatoms. The van der Waals surface area contributed by atoms with Gasteiger partial charge in [0.2, 0.25) is 5.91 Å². The van der Waals surface area contributed by atoms with E-state index in [1.54, 1.807) is 55.1 Å². The minimum absolute atomic E-state index is 0.00349. The molecule has 2 fully saturated rings. The van der Waals surface area contributed by atoms with E-state index >= 15 is 13.2 Å². The molecule has 5 heterocycles. The Hall–Kier alpha value is -11.7. The number of nitrogens with one attached hydrogen (secondary N) is 1. The number of carbonyl (C=O) groups is 3. The second-order valence-electron chi connectivity index (χ2n) is 33.5. The Labute approximate surface area is 689 Å². The van der Waals surface area contributed by atoms with Crippen molar-refractivity contribution in [1.29, 1.82) is 0 Å². The number of likely N-dealkylation sites (tertiary alicyclic amines) is 2. The van der Waals surface area contributed by atoms with E-state index in [0.29, 0.717) is 28.3 Å². The third-order valence-corrected chi connectivity index (χ3v) is 20.4. The van der Waals surface area contributed by atoms with Gasteiger partial charge < -0.3 is 35.2 Å². The lowest BCUT2D eigenvalue weighted by Gasteiger charge is -2.41. The summed E-state index contributed by atoms with van der Waals surface area (Å²) in [5.41, 5.74) is 7.84. The van der Waals surface area contributed by atoms with Crippen molar-refractivity contribution in [2.24, 2.45) is 39.7 Å². The van der Waals surface area contributed by atoms with E-state index in [1.807, 2.05) is 123 Å². The molecule has 0 saturated carbocycles. The van der Waals surface area contributed by atoms with Gasteiger partial charge in [-0.25, -0.2) is 86.9 Å². The maximum atomic E-state index is 15.7. The van der Waals surface area contributed by atoms with E-state index in [9.17, 15) is 49.5 Å². The highest BCUT2D eigenvalue weighted by Gasteiger charge is 2.45. The van der Waals surface area contributed by atoms with E-state index in [-0.39, 0.29) is 129 Å². The molecule has 0 unspecified atom stereocenters. The van der Waals surface area contributed by atoms with Gasteiger partial charge in [0.05, 0.1) is 67.5 Å². The van der Waals surface area contributed by atoms with Crippen molar-refractivity contribution in [1.82, 2.24) is 64.3 Å². The summed E-state index contributed by atoms with van der Waals surface area (Å²) in [6, 6.07) is 43.6. The molecule has 120 heavy (non-hydrogen) atoms. The lowest BCUT2D eigenvalue weighted by molar-refractivity contribution is -0.141. The number of amides is 3. The van der Waals surface area contributed by atoms with E-state index in [4.69, 9.17) is 20.2 Å². The number of hydrogen-bond acceptors (Lipinski definition) is 13. The number of alkyl halides is 2. The number of nitrogens with two attached hydrogens (primary N) is 1. The number of benzene rings is 8. The van der Waals surface area contributed by atoms with Gasteiger partial charge in [-0.15, -0.1) is 0 Å². The van der Waals surface area contributed by atoms with Gasteiger partial charge in [0.15, 0.2) is 23.3 Å². The summed E-state index contributed by atoms with van der Waals surface area (Å²) in [4.78, 5) is 57.6. The van der Waals surface area contributed by atoms with Crippen molar-refractivity contribution in [3.05, 3.63) is 286 Å². The fraction of sp³-hybridized carbons (Fsp3) is 0.367. The molecule has 19 nitrogen and oxygen atoms in total. The lowest BCUT2D eigenvalue weighted by Crippen LogP contribution is -2.47. The fourth-order valence-corrected chi connectivity index (χ4v) is 14.1. The SMILES string of the molecule is CC(C)(C)[C@@H](N)c1nc(-c2cc(F)ccc2F)nn1Cc1cccc(F)c1.CC(C)(C)[C@@H](NC[C@@H]1CN(C(=O)OCc2ccccc2)C[C@@H]1F)c1nc(-c2cc(F)ccc2F)nn1Cc1cccc(F)c1.CC(C)C(=O)N(C[C@@H]1CN(C(=O)OCc2ccccc2)C[C@@H]1F)[C@@H](c1nc(-c2cc(F)ccc2F)nn1Cc1cccc(F)c1)C(C)(C)C. The molecular formula is C90H97F11N14O5. The number of nitrogens with zero attached hydrogens (tertiary/aromatic N) is 12. The largest absolute Gasteiger partial charge is 0.445 e. The molecule has 3 aromatic heterocycles. The fourth-order valence-electron chi connectivity index (χ4n) is 14.1. The topological polar surface area (TPSA) is 210 Å². The van der Waals surface area contributed by atoms with Gasteiger partial charge >= 0.3 is 12.2 Å². The maximum absolute atomic E-state index is 15.7. The third kappa shape index (κ3) is 23.0. The molecule has 0 aliphatic carbocycles. The Balaban J connectivity index is 0.000000183. The van der Waals surface area contributed by atoms with Crippen molar-refractivity contribution in [2.75, 3.05) is 39.3 Å². The zero-order valence-corrected chi connectivity index (χ0v) is 68.4. The van der Waals surface area contributed by atoms with Gasteiger partial charge in [-0.1, -0.05) is 173 Å². The lowest BCUT2D eigenvalue weighted by atomic mass is 9.83. The molecule has 3 amide bonds. The van der Waals surface area contributed by atoms with Crippen LogP contribution in [-0.2, 0) is 47.1 Å². The van der Waals surface area contributed by atoms with E-state index in [1.165, 1.54) is 60.2 Å². The first-order valence-electron chi connectivity index (χ1n) is 39.3. The smallest absolute Gasteiger partial charge is 0.410 e. The molecule has 13 rings (SSSR count). The van der Waals surface area contributed by atoms with Crippen molar-refractivity contribution in [3.63, 3.8) is 0 Å². The number of halogens is 11. The molecule has 7 atom stereocenters. The molecule has 2 aliphatic rings. The first kappa shape index (κ1) is 89.1. The average molecular weight is 1660 g/mol. The summed E-state index contributed by atoms with van der Waals surface area (Å²) in [6.07, 6.45) is -3.97. The standard InChI is InChI=1S/C37H41F4N5O3.C33H35F4N5O2.C20H21F3N4/c1-23(2)35(47)45(20-26-19-44(21-31(26)41)36(48)49-22-24-10-7-6-8-11-24)32(37(3,4)5)34-42-33(29-17-28(39)14-15-30(29)40)43-46(34)18-25-12-9-13-27(38)16-25;1-33(2,3)29(38-16-23-18-41(19-28(23)37)32(43)44-20-21-8-5-4-6-9-21)31-39-30(26-15-25(35)12-13-27(26)36)40-42(31)17-22-10-7-11-24(34)14-22;1-20(2,3)17(24)19-25-18(15-10-14(22)7-8-16(15)23)26-27(19)11-12-5-4-6-13(21)9-12/h6-17,23,26,31-32H,18-22H2,1-5H3;4-15,23,28-29,38H,16-20H2,1-3H3;4-10,17H,11,24H2,1-3H3/t26-,31-,32-;23-,28+,29+;17-/m010/s1. The van der Waals surface area contributed by atoms with Gasteiger partial charge in [-0.3, -0.25) is 4.79 Å². The second kappa shape index (κ2) is 38.6. The van der Waals surface area contributed by atoms with Crippen LogP contribution in [0.5, 0.6) is 0 Å². The molecule has 3 N–H and O–H groups in total. The minimum Gasteiger partial charge on any atom is -0.445 e. The molecule has 634 valence electrons. The first-order chi connectivity index (χ1) is 56.8. The monoisotopic (exact) mass is 1660 g/mol. The zero-order chi connectivity index (χ0) is 86.7. The van der Waals surface area contributed by atoms with Crippen LogP contribution in [0.25, 0.3) is 34.2 Å². The third-order valence-electron chi connectivity index (χ3n) is 20.4. The van der Waals surface area contributed by atoms with Gasteiger partial charge in [0, 0.05) is 43.9 Å². The number of ether oxygens (including phenoxy) is 2. The molecule has 8 aromatic carbocycles. The molecule has 11 aromatic rings. The van der Waals surface area contributed by atoms with Gasteiger partial charge in [-0.2, -0.15) is 15.3 Å². The van der Waals surface area contributed by atoms with E-state index in [0.717, 1.165) is 65.7 Å². The van der Waals surface area contributed by atoms with Gasteiger partial charge in [-0.05, 0) is 135 Å². The quantitative estimate of drug-likeness (QED) is 0.0572. The van der Waals surface area contributed by atoms with Crippen LogP contribution in [-0.4, -0.2) is 129 Å². The Morgan fingerprint density at radius 3 is 1.18 bits per heavy atom. The molecule has 2 aliphatic heterocycles. The Morgan fingerprint density at radius 2 is 0.800 bits per heavy atom. The van der Waals surface area contributed by atoms with Crippen LogP contribution in [0.2, 0.25) is 0 Å². The Bertz CT molecular complexity index is 5340. The highest BCUT2D eigenvalue weighted by atomic mass is 19.2. The Kier molecular flexibility index (Phi) is 28.7. The number of hydrogen-bond donors (Lipinski definition) is 2.